The van der Waals surface area contributed by atoms with Crippen LogP contribution in [0.25, 0.3) is 0 Å². The predicted octanol–water partition coefficient (Wildman–Crippen LogP) is 2.02. The lowest BCUT2D eigenvalue weighted by atomic mass is 10.1. The molecule has 1 rings (SSSR count). The smallest absolute Gasteiger partial charge is 0.183 e. The molecule has 0 atom stereocenters. The fourth-order valence-corrected chi connectivity index (χ4v) is 1.73. The van der Waals surface area contributed by atoms with Crippen LogP contribution in [-0.2, 0) is 0 Å². The Kier molecular flexibility index (Phi) is 6.15. The Balaban J connectivity index is 3.32. The van der Waals surface area contributed by atoms with E-state index < -0.39 is 0 Å². The van der Waals surface area contributed by atoms with E-state index in [1.54, 1.807) is 12.1 Å². The largest absolute Gasteiger partial charge is 0.494 e. The van der Waals surface area contributed by atoms with Crippen molar-refractivity contribution < 1.29 is 19.0 Å². The van der Waals surface area contributed by atoms with Gasteiger partial charge >= 0.3 is 0 Å². The highest BCUT2D eigenvalue weighted by atomic mass is 16.5. The monoisotopic (exact) mass is 267 g/mol. The SMILES string of the molecule is CCOc1cc(OCC)c(C(=O)CN)c(OCC)c1. The molecule has 0 amide bonds. The summed E-state index contributed by atoms with van der Waals surface area (Å²) >= 11 is 0. The van der Waals surface area contributed by atoms with Crippen LogP contribution < -0.4 is 19.9 Å². The summed E-state index contributed by atoms with van der Waals surface area (Å²) in [6.07, 6.45) is 0. The van der Waals surface area contributed by atoms with Gasteiger partial charge in [-0.05, 0) is 20.8 Å². The van der Waals surface area contributed by atoms with Gasteiger partial charge < -0.3 is 19.9 Å². The molecule has 0 saturated carbocycles. The van der Waals surface area contributed by atoms with Crippen LogP contribution in [0, 0.1) is 0 Å². The van der Waals surface area contributed by atoms with Crippen molar-refractivity contribution in [2.24, 2.45) is 5.73 Å². The number of Topliss-reactive ketones (excluding diaryl/α,β-unsaturated/α-hetero) is 1. The maximum atomic E-state index is 11.9. The van der Waals surface area contributed by atoms with Crippen LogP contribution in [0.4, 0.5) is 0 Å². The van der Waals surface area contributed by atoms with Gasteiger partial charge in [0.1, 0.15) is 22.8 Å². The Bertz CT molecular complexity index is 404. The normalized spacial score (nSPS) is 10.1. The summed E-state index contributed by atoms with van der Waals surface area (Å²) in [6.45, 7) is 6.93. The molecule has 2 N–H and O–H groups in total. The van der Waals surface area contributed by atoms with E-state index in [1.165, 1.54) is 0 Å². The molecular weight excluding hydrogens is 246 g/mol. The van der Waals surface area contributed by atoms with E-state index in [2.05, 4.69) is 0 Å². The molecule has 0 saturated heterocycles. The Morgan fingerprint density at radius 1 is 1.00 bits per heavy atom. The number of benzene rings is 1. The lowest BCUT2D eigenvalue weighted by molar-refractivity contribution is 0.0993. The highest BCUT2D eigenvalue weighted by Gasteiger charge is 2.19. The quantitative estimate of drug-likeness (QED) is 0.730. The Morgan fingerprint density at radius 2 is 1.47 bits per heavy atom. The van der Waals surface area contributed by atoms with Gasteiger partial charge in [-0.2, -0.15) is 0 Å². The van der Waals surface area contributed by atoms with Crippen molar-refractivity contribution in [3.63, 3.8) is 0 Å². The first-order valence-corrected chi connectivity index (χ1v) is 6.47. The van der Waals surface area contributed by atoms with E-state index in [0.717, 1.165) is 0 Å². The van der Waals surface area contributed by atoms with Crippen molar-refractivity contribution in [2.75, 3.05) is 26.4 Å². The molecule has 0 bridgehead atoms. The number of ketones is 1. The third-order valence-corrected chi connectivity index (χ3v) is 2.41. The van der Waals surface area contributed by atoms with Gasteiger partial charge in [-0.25, -0.2) is 0 Å². The first-order chi connectivity index (χ1) is 9.17. The van der Waals surface area contributed by atoms with Gasteiger partial charge in [-0.3, -0.25) is 4.79 Å². The van der Waals surface area contributed by atoms with Crippen LogP contribution in [0.15, 0.2) is 12.1 Å². The Labute approximate surface area is 113 Å². The van der Waals surface area contributed by atoms with Gasteiger partial charge in [-0.1, -0.05) is 0 Å². The molecule has 0 aliphatic carbocycles. The van der Waals surface area contributed by atoms with Crippen molar-refractivity contribution in [3.05, 3.63) is 17.7 Å². The molecule has 0 radical (unpaired) electrons. The third kappa shape index (κ3) is 3.86. The van der Waals surface area contributed by atoms with Gasteiger partial charge in [0.05, 0.1) is 26.4 Å². The second-order valence-corrected chi connectivity index (χ2v) is 3.72. The number of rotatable bonds is 8. The molecule has 0 aliphatic rings. The van der Waals surface area contributed by atoms with Crippen molar-refractivity contribution in [3.8, 4) is 17.2 Å². The molecule has 0 aromatic heterocycles. The average Bonchev–Trinajstić information content (AvgIpc) is 2.39. The molecule has 0 unspecified atom stereocenters. The summed E-state index contributed by atoms with van der Waals surface area (Å²) in [7, 11) is 0. The minimum atomic E-state index is -0.213. The Morgan fingerprint density at radius 3 is 1.84 bits per heavy atom. The van der Waals surface area contributed by atoms with Crippen LogP contribution in [0.1, 0.15) is 31.1 Å². The fourth-order valence-electron chi connectivity index (χ4n) is 1.73. The molecule has 1 aromatic carbocycles. The molecule has 0 heterocycles. The number of hydrogen-bond donors (Lipinski definition) is 1. The minimum Gasteiger partial charge on any atom is -0.494 e. The summed E-state index contributed by atoms with van der Waals surface area (Å²) in [5, 5.41) is 0. The van der Waals surface area contributed by atoms with Crippen LogP contribution in [0.5, 0.6) is 17.2 Å². The van der Waals surface area contributed by atoms with Gasteiger partial charge in [-0.15, -0.1) is 0 Å². The first-order valence-electron chi connectivity index (χ1n) is 6.47. The van der Waals surface area contributed by atoms with E-state index in [1.807, 2.05) is 20.8 Å². The second kappa shape index (κ2) is 7.63. The maximum Gasteiger partial charge on any atom is 0.183 e. The standard InChI is InChI=1S/C14H21NO4/c1-4-17-10-7-12(18-5-2)14(11(16)9-15)13(8-10)19-6-3/h7-8H,4-6,9,15H2,1-3H3. The molecule has 0 spiro atoms. The zero-order chi connectivity index (χ0) is 14.3. The Hall–Kier alpha value is -1.75. The van der Waals surface area contributed by atoms with E-state index >= 15 is 0 Å². The number of hydrogen-bond acceptors (Lipinski definition) is 5. The van der Waals surface area contributed by atoms with Crippen molar-refractivity contribution in [1.29, 1.82) is 0 Å². The lowest BCUT2D eigenvalue weighted by Crippen LogP contribution is -2.16. The average molecular weight is 267 g/mol. The summed E-state index contributed by atoms with van der Waals surface area (Å²) in [4.78, 5) is 11.9. The van der Waals surface area contributed by atoms with Crippen LogP contribution in [0.3, 0.4) is 0 Å². The molecule has 19 heavy (non-hydrogen) atoms. The summed E-state index contributed by atoms with van der Waals surface area (Å²) in [5.41, 5.74) is 5.82. The highest BCUT2D eigenvalue weighted by Crippen LogP contribution is 2.34. The fraction of sp³-hybridized carbons (Fsp3) is 0.500. The summed E-state index contributed by atoms with van der Waals surface area (Å²) in [6, 6.07) is 3.39. The van der Waals surface area contributed by atoms with E-state index in [0.29, 0.717) is 42.6 Å². The minimum absolute atomic E-state index is 0.0892. The van der Waals surface area contributed by atoms with Crippen LogP contribution in [-0.4, -0.2) is 32.1 Å². The highest BCUT2D eigenvalue weighted by molar-refractivity contribution is 6.02. The van der Waals surface area contributed by atoms with E-state index in [-0.39, 0.29) is 12.3 Å². The predicted molar refractivity (Wildman–Crippen MR) is 73.3 cm³/mol. The van der Waals surface area contributed by atoms with E-state index in [9.17, 15) is 4.79 Å². The molecule has 5 nitrogen and oxygen atoms in total. The first kappa shape index (κ1) is 15.3. The lowest BCUT2D eigenvalue weighted by Gasteiger charge is -2.16. The second-order valence-electron chi connectivity index (χ2n) is 3.72. The molecular formula is C14H21NO4. The number of nitrogens with two attached hydrogens (primary N) is 1. The maximum absolute atomic E-state index is 11.9. The van der Waals surface area contributed by atoms with Crippen molar-refractivity contribution >= 4 is 5.78 Å². The van der Waals surface area contributed by atoms with Gasteiger partial charge in [0.15, 0.2) is 5.78 Å². The molecule has 0 fully saturated rings. The molecule has 106 valence electrons. The van der Waals surface area contributed by atoms with Crippen LogP contribution >= 0.6 is 0 Å². The van der Waals surface area contributed by atoms with Crippen molar-refractivity contribution in [1.82, 2.24) is 0 Å². The number of carbonyl (C=O) groups excluding carboxylic acids is 1. The molecule has 5 heteroatoms. The summed E-state index contributed by atoms with van der Waals surface area (Å²) < 4.78 is 16.4. The van der Waals surface area contributed by atoms with Gasteiger partial charge in [0, 0.05) is 12.1 Å². The van der Waals surface area contributed by atoms with Gasteiger partial charge in [0.2, 0.25) is 0 Å². The van der Waals surface area contributed by atoms with Crippen LogP contribution in [0.2, 0.25) is 0 Å². The molecule has 0 aliphatic heterocycles. The summed E-state index contributed by atoms with van der Waals surface area (Å²) in [5.74, 6) is 1.30. The third-order valence-electron chi connectivity index (χ3n) is 2.41. The zero-order valence-electron chi connectivity index (χ0n) is 11.7. The zero-order valence-corrected chi connectivity index (χ0v) is 11.7. The van der Waals surface area contributed by atoms with Crippen molar-refractivity contribution in [2.45, 2.75) is 20.8 Å². The molecule has 1 aromatic rings. The number of carbonyl (C=O) groups is 1. The van der Waals surface area contributed by atoms with E-state index in [4.69, 9.17) is 19.9 Å². The van der Waals surface area contributed by atoms with Gasteiger partial charge in [0.25, 0.3) is 0 Å². The topological polar surface area (TPSA) is 70.8 Å². The number of ether oxygens (including phenoxy) is 3.